The molecule has 0 spiro atoms. The lowest BCUT2D eigenvalue weighted by Crippen LogP contribution is -2.51. The van der Waals surface area contributed by atoms with E-state index in [1.807, 2.05) is 60.7 Å². The van der Waals surface area contributed by atoms with Gasteiger partial charge >= 0.3 is 17.9 Å². The minimum atomic E-state index is -1.82. The number of benzene rings is 2. The smallest absolute Gasteiger partial charge is 0.414 e. The normalized spacial score (nSPS) is 17.7. The molecular weight excluding hydrogens is 404 g/mol. The second-order valence-corrected chi connectivity index (χ2v) is 6.83. The summed E-state index contributed by atoms with van der Waals surface area (Å²) < 4.78 is 5.39. The zero-order valence-electron chi connectivity index (χ0n) is 16.9. The third-order valence-corrected chi connectivity index (χ3v) is 4.44. The predicted molar refractivity (Wildman–Crippen MR) is 111 cm³/mol. The van der Waals surface area contributed by atoms with Gasteiger partial charge in [0.05, 0.1) is 6.61 Å². The van der Waals surface area contributed by atoms with E-state index < -0.39 is 11.9 Å². The molecule has 1 heterocycles. The highest BCUT2D eigenvalue weighted by Gasteiger charge is 2.26. The number of aliphatic carboxylic acids is 2. The van der Waals surface area contributed by atoms with Crippen LogP contribution in [0.3, 0.4) is 0 Å². The van der Waals surface area contributed by atoms with Crippen molar-refractivity contribution in [2.75, 3.05) is 6.54 Å². The number of nitrogens with one attached hydrogen (secondary N) is 2. The molecule has 0 aliphatic carbocycles. The van der Waals surface area contributed by atoms with Crippen LogP contribution in [0.2, 0.25) is 0 Å². The van der Waals surface area contributed by atoms with Crippen LogP contribution in [0.5, 0.6) is 0 Å². The summed E-state index contributed by atoms with van der Waals surface area (Å²) in [6.45, 7) is 1.53. The fourth-order valence-corrected chi connectivity index (χ4v) is 2.80. The molecule has 1 aliphatic rings. The summed E-state index contributed by atoms with van der Waals surface area (Å²) in [7, 11) is 0. The average molecular weight is 430 g/mol. The van der Waals surface area contributed by atoms with Gasteiger partial charge in [0.2, 0.25) is 0 Å². The van der Waals surface area contributed by atoms with Crippen LogP contribution in [-0.2, 0) is 37.2 Å². The molecule has 0 aromatic heterocycles. The van der Waals surface area contributed by atoms with Crippen molar-refractivity contribution >= 4 is 17.9 Å². The molecule has 166 valence electrons. The Morgan fingerprint density at radius 1 is 0.871 bits per heavy atom. The van der Waals surface area contributed by atoms with Gasteiger partial charge in [-0.3, -0.25) is 9.63 Å². The Morgan fingerprint density at radius 2 is 1.42 bits per heavy atom. The summed E-state index contributed by atoms with van der Waals surface area (Å²) in [5.41, 5.74) is 5.20. The molecule has 1 aliphatic heterocycles. The Labute approximate surface area is 179 Å². The second-order valence-electron chi connectivity index (χ2n) is 6.83. The van der Waals surface area contributed by atoms with Crippen LogP contribution >= 0.6 is 0 Å². The third-order valence-electron chi connectivity index (χ3n) is 4.44. The van der Waals surface area contributed by atoms with Gasteiger partial charge in [-0.15, -0.1) is 0 Å². The van der Waals surface area contributed by atoms with Gasteiger partial charge in [-0.2, -0.15) is 5.48 Å². The summed E-state index contributed by atoms with van der Waals surface area (Å²) in [6, 6.07) is 19.7. The maximum atomic E-state index is 12.1. The van der Waals surface area contributed by atoms with Gasteiger partial charge in [0.15, 0.2) is 0 Å². The predicted octanol–water partition coefficient (Wildman–Crippen LogP) is 1.73. The van der Waals surface area contributed by atoms with Gasteiger partial charge < -0.3 is 20.3 Å². The summed E-state index contributed by atoms with van der Waals surface area (Å²) in [5, 5.41) is 18.0. The van der Waals surface area contributed by atoms with Gasteiger partial charge in [0.1, 0.15) is 12.6 Å². The van der Waals surface area contributed by atoms with Crippen LogP contribution < -0.4 is 10.8 Å². The number of hydroxylamine groups is 1. The molecule has 3 rings (SSSR count). The Bertz CT molecular complexity index is 810. The molecule has 0 bridgehead atoms. The summed E-state index contributed by atoms with van der Waals surface area (Å²) in [4.78, 5) is 35.9. The fourth-order valence-electron chi connectivity index (χ4n) is 2.80. The van der Waals surface area contributed by atoms with Crippen LogP contribution in [-0.4, -0.2) is 46.7 Å². The summed E-state index contributed by atoms with van der Waals surface area (Å²) >= 11 is 0. The van der Waals surface area contributed by atoms with E-state index in [4.69, 9.17) is 29.4 Å². The SMILES string of the molecule is O=C(O)C(=O)O.O=C(OCc1ccccc1)[C@H]1CC[C@@H](NOCc2ccccc2)CN1. The molecule has 1 saturated heterocycles. The number of carboxylic acids is 2. The highest BCUT2D eigenvalue weighted by Crippen LogP contribution is 2.11. The molecular formula is C22H26N2O7. The maximum Gasteiger partial charge on any atom is 0.414 e. The van der Waals surface area contributed by atoms with Gasteiger partial charge in [-0.25, -0.2) is 9.59 Å². The lowest BCUT2D eigenvalue weighted by atomic mass is 10.0. The van der Waals surface area contributed by atoms with Crippen molar-refractivity contribution in [1.82, 2.24) is 10.8 Å². The molecule has 31 heavy (non-hydrogen) atoms. The van der Waals surface area contributed by atoms with Crippen molar-refractivity contribution in [3.05, 3.63) is 71.8 Å². The van der Waals surface area contributed by atoms with E-state index in [2.05, 4.69) is 10.8 Å². The number of carbonyl (C=O) groups excluding carboxylic acids is 1. The van der Waals surface area contributed by atoms with Gasteiger partial charge in [0.25, 0.3) is 0 Å². The summed E-state index contributed by atoms with van der Waals surface area (Å²) in [6.07, 6.45) is 1.60. The van der Waals surface area contributed by atoms with Gasteiger partial charge in [-0.05, 0) is 24.0 Å². The highest BCUT2D eigenvalue weighted by atomic mass is 16.6. The highest BCUT2D eigenvalue weighted by molar-refractivity contribution is 6.27. The first kappa shape index (κ1) is 24.0. The molecule has 9 nitrogen and oxygen atoms in total. The quantitative estimate of drug-likeness (QED) is 0.294. The molecule has 4 N–H and O–H groups in total. The Morgan fingerprint density at radius 3 is 1.90 bits per heavy atom. The molecule has 0 amide bonds. The standard InChI is InChI=1S/C20H24N2O3.C2H2O4/c23-20(24-14-16-7-3-1-4-8-16)19-12-11-18(13-21-19)22-25-15-17-9-5-2-6-10-17;3-1(4)2(5)6/h1-10,18-19,21-22H,11-15H2;(H,3,4)(H,5,6)/t18-,19-;/m1./s1. The number of rotatable bonds is 7. The van der Waals surface area contributed by atoms with Crippen LogP contribution in [0.15, 0.2) is 60.7 Å². The zero-order chi connectivity index (χ0) is 22.5. The van der Waals surface area contributed by atoms with Crippen molar-refractivity contribution in [3.8, 4) is 0 Å². The van der Waals surface area contributed by atoms with Crippen molar-refractivity contribution in [3.63, 3.8) is 0 Å². The average Bonchev–Trinajstić information content (AvgIpc) is 2.80. The number of hydrogen-bond acceptors (Lipinski definition) is 7. The molecule has 0 radical (unpaired) electrons. The summed E-state index contributed by atoms with van der Waals surface area (Å²) in [5.74, 6) is -3.84. The Kier molecular flexibility index (Phi) is 10.2. The largest absolute Gasteiger partial charge is 0.473 e. The number of esters is 1. The van der Waals surface area contributed by atoms with Crippen molar-refractivity contribution < 1.29 is 34.2 Å². The van der Waals surface area contributed by atoms with Crippen molar-refractivity contribution in [2.45, 2.75) is 38.1 Å². The van der Waals surface area contributed by atoms with Crippen LogP contribution in [0.4, 0.5) is 0 Å². The third kappa shape index (κ3) is 9.39. The lowest BCUT2D eigenvalue weighted by Gasteiger charge is -2.28. The van der Waals surface area contributed by atoms with Gasteiger partial charge in [-0.1, -0.05) is 60.7 Å². The number of hydrogen-bond donors (Lipinski definition) is 4. The molecule has 2 aromatic carbocycles. The number of ether oxygens (including phenoxy) is 1. The lowest BCUT2D eigenvalue weighted by molar-refractivity contribution is -0.159. The number of piperidine rings is 1. The van der Waals surface area contributed by atoms with Crippen LogP contribution in [0.25, 0.3) is 0 Å². The first-order valence-corrected chi connectivity index (χ1v) is 9.77. The number of carboxylic acid groups (broad SMARTS) is 2. The second kappa shape index (κ2) is 13.1. The van der Waals surface area contributed by atoms with E-state index in [0.29, 0.717) is 19.8 Å². The van der Waals surface area contributed by atoms with E-state index in [9.17, 15) is 4.79 Å². The Hall–Kier alpha value is -3.27. The van der Waals surface area contributed by atoms with E-state index in [0.717, 1.165) is 24.0 Å². The fraction of sp³-hybridized carbons (Fsp3) is 0.318. The minimum Gasteiger partial charge on any atom is -0.473 e. The maximum absolute atomic E-state index is 12.1. The molecule has 2 aromatic rings. The van der Waals surface area contributed by atoms with Crippen LogP contribution in [0, 0.1) is 0 Å². The van der Waals surface area contributed by atoms with Crippen molar-refractivity contribution in [2.24, 2.45) is 0 Å². The molecule has 0 saturated carbocycles. The zero-order valence-corrected chi connectivity index (χ0v) is 16.9. The first-order valence-electron chi connectivity index (χ1n) is 9.77. The van der Waals surface area contributed by atoms with E-state index >= 15 is 0 Å². The van der Waals surface area contributed by atoms with Crippen LogP contribution in [0.1, 0.15) is 24.0 Å². The molecule has 0 unspecified atom stereocenters. The van der Waals surface area contributed by atoms with E-state index in [-0.39, 0.29) is 18.1 Å². The van der Waals surface area contributed by atoms with Gasteiger partial charge in [0, 0.05) is 12.6 Å². The van der Waals surface area contributed by atoms with E-state index in [1.54, 1.807) is 0 Å². The molecule has 2 atom stereocenters. The number of carbonyl (C=O) groups is 3. The topological polar surface area (TPSA) is 134 Å². The minimum absolute atomic E-state index is 0.187. The Balaban J connectivity index is 0.000000501. The van der Waals surface area contributed by atoms with E-state index in [1.165, 1.54) is 0 Å². The van der Waals surface area contributed by atoms with Crippen molar-refractivity contribution in [1.29, 1.82) is 0 Å². The molecule has 9 heteroatoms. The monoisotopic (exact) mass is 430 g/mol. The first-order chi connectivity index (χ1) is 15.0. The molecule has 1 fully saturated rings.